The van der Waals surface area contributed by atoms with Crippen LogP contribution in [0.25, 0.3) is 0 Å². The molecule has 0 aliphatic carbocycles. The molecule has 11 heteroatoms. The first-order valence-electron chi connectivity index (χ1n) is 6.64. The first kappa shape index (κ1) is 16.4. The molecule has 23 heavy (non-hydrogen) atoms. The van der Waals surface area contributed by atoms with Crippen molar-refractivity contribution in [1.82, 2.24) is 25.5 Å². The van der Waals surface area contributed by atoms with Gasteiger partial charge in [0.2, 0.25) is 0 Å². The van der Waals surface area contributed by atoms with Crippen LogP contribution in [-0.2, 0) is 6.54 Å². The van der Waals surface area contributed by atoms with E-state index in [1.54, 1.807) is 0 Å². The number of aryl methyl sites for hydroxylation is 1. The number of rotatable bonds is 5. The highest BCUT2D eigenvalue weighted by Crippen LogP contribution is 2.12. The summed E-state index contributed by atoms with van der Waals surface area (Å²) < 4.78 is 0. The Hall–Kier alpha value is -2.95. The van der Waals surface area contributed by atoms with E-state index in [0.29, 0.717) is 6.54 Å². The highest BCUT2D eigenvalue weighted by molar-refractivity contribution is 7.80. The maximum absolute atomic E-state index is 12.0. The van der Waals surface area contributed by atoms with Crippen LogP contribution < -0.4 is 10.6 Å². The zero-order valence-electron chi connectivity index (χ0n) is 12.1. The predicted octanol–water partition coefficient (Wildman–Crippen LogP) is 1.12. The Morgan fingerprint density at radius 1 is 1.48 bits per heavy atom. The molecule has 0 aliphatic rings. The number of carbonyl (C=O) groups excluding carboxylic acids is 1. The van der Waals surface area contributed by atoms with Gasteiger partial charge in [-0.2, -0.15) is 4.80 Å². The number of nitro groups is 1. The van der Waals surface area contributed by atoms with Crippen LogP contribution in [0, 0.1) is 10.1 Å². The smallest absolute Gasteiger partial charge is 0.270 e. The highest BCUT2D eigenvalue weighted by Gasteiger charge is 2.13. The normalized spacial score (nSPS) is 10.1. The van der Waals surface area contributed by atoms with E-state index in [1.165, 1.54) is 23.0 Å². The topological polar surface area (TPSA) is 128 Å². The second-order valence-corrected chi connectivity index (χ2v) is 4.83. The van der Waals surface area contributed by atoms with Gasteiger partial charge in [-0.25, -0.2) is 0 Å². The third kappa shape index (κ3) is 4.51. The minimum absolute atomic E-state index is 0.0300. The van der Waals surface area contributed by atoms with Gasteiger partial charge in [0, 0.05) is 17.7 Å². The van der Waals surface area contributed by atoms with Crippen molar-refractivity contribution in [3.8, 4) is 0 Å². The van der Waals surface area contributed by atoms with Crippen molar-refractivity contribution in [2.24, 2.45) is 0 Å². The number of aromatic nitrogens is 4. The van der Waals surface area contributed by atoms with Crippen molar-refractivity contribution in [3.05, 3.63) is 39.9 Å². The summed E-state index contributed by atoms with van der Waals surface area (Å²) in [6.07, 6.45) is 0.851. The minimum atomic E-state index is -0.580. The molecule has 10 nitrogen and oxygen atoms in total. The van der Waals surface area contributed by atoms with Crippen LogP contribution in [0.2, 0.25) is 0 Å². The second-order valence-electron chi connectivity index (χ2n) is 4.42. The summed E-state index contributed by atoms with van der Waals surface area (Å²) in [7, 11) is 0. The Morgan fingerprint density at radius 2 is 2.26 bits per heavy atom. The fraction of sp³-hybridized carbons (Fsp3) is 0.250. The summed E-state index contributed by atoms with van der Waals surface area (Å²) in [6, 6.07) is 5.32. The SMILES string of the molecule is CCCn1nnc(NC(=S)NC(=O)c2cccc([N+](=O)[O-])c2)n1. The molecule has 0 fully saturated rings. The highest BCUT2D eigenvalue weighted by atomic mass is 32.1. The Balaban J connectivity index is 1.97. The molecular weight excluding hydrogens is 322 g/mol. The summed E-state index contributed by atoms with van der Waals surface area (Å²) in [5.74, 6) is -0.421. The van der Waals surface area contributed by atoms with Crippen molar-refractivity contribution in [2.45, 2.75) is 19.9 Å². The number of benzene rings is 1. The summed E-state index contributed by atoms with van der Waals surface area (Å²) in [5.41, 5.74) is -0.0633. The molecule has 1 amide bonds. The largest absolute Gasteiger partial charge is 0.299 e. The number of nitro benzene ring substituents is 1. The monoisotopic (exact) mass is 335 g/mol. The van der Waals surface area contributed by atoms with Gasteiger partial charge in [-0.05, 0) is 29.9 Å². The van der Waals surface area contributed by atoms with Gasteiger partial charge >= 0.3 is 0 Å². The summed E-state index contributed by atoms with van der Waals surface area (Å²) in [6.45, 7) is 2.59. The predicted molar refractivity (Wildman–Crippen MR) is 84.9 cm³/mol. The maximum atomic E-state index is 12.0. The molecule has 0 unspecified atom stereocenters. The van der Waals surface area contributed by atoms with Crippen LogP contribution in [0.1, 0.15) is 23.7 Å². The van der Waals surface area contributed by atoms with Crippen LogP contribution in [0.15, 0.2) is 24.3 Å². The van der Waals surface area contributed by atoms with Crippen LogP contribution in [0.3, 0.4) is 0 Å². The number of thiocarbonyl (C=S) groups is 1. The summed E-state index contributed by atoms with van der Waals surface area (Å²) in [5, 5.41) is 27.2. The van der Waals surface area contributed by atoms with E-state index in [4.69, 9.17) is 12.2 Å². The molecule has 120 valence electrons. The zero-order chi connectivity index (χ0) is 16.8. The van der Waals surface area contributed by atoms with Gasteiger partial charge in [-0.1, -0.05) is 18.1 Å². The summed E-state index contributed by atoms with van der Waals surface area (Å²) >= 11 is 4.98. The van der Waals surface area contributed by atoms with E-state index in [0.717, 1.165) is 12.5 Å². The Labute approximate surface area is 136 Å². The van der Waals surface area contributed by atoms with E-state index < -0.39 is 10.8 Å². The van der Waals surface area contributed by atoms with Crippen molar-refractivity contribution in [3.63, 3.8) is 0 Å². The lowest BCUT2D eigenvalue weighted by molar-refractivity contribution is -0.384. The fourth-order valence-electron chi connectivity index (χ4n) is 1.66. The standard InChI is InChI=1S/C12H13N7O3S/c1-2-6-18-16-11(15-17-18)14-12(23)13-10(20)8-4-3-5-9(7-8)19(21)22/h3-5,7H,2,6H2,1H3,(H2,13,14,16,20,23). The van der Waals surface area contributed by atoms with E-state index >= 15 is 0 Å². The van der Waals surface area contributed by atoms with E-state index in [9.17, 15) is 14.9 Å². The second kappa shape index (κ2) is 7.35. The number of non-ortho nitro benzene ring substituents is 1. The summed E-state index contributed by atoms with van der Waals surface area (Å²) in [4.78, 5) is 23.5. The van der Waals surface area contributed by atoms with Crippen LogP contribution >= 0.6 is 12.2 Å². The average Bonchev–Trinajstić information content (AvgIpc) is 2.94. The van der Waals surface area contributed by atoms with Gasteiger partial charge in [0.15, 0.2) is 5.11 Å². The molecule has 0 spiro atoms. The first-order chi connectivity index (χ1) is 11.0. The first-order valence-corrected chi connectivity index (χ1v) is 7.05. The van der Waals surface area contributed by atoms with Crippen molar-refractivity contribution in [2.75, 3.05) is 5.32 Å². The lowest BCUT2D eigenvalue weighted by Gasteiger charge is -2.06. The molecule has 0 bridgehead atoms. The molecule has 0 atom stereocenters. The van der Waals surface area contributed by atoms with Crippen LogP contribution in [-0.4, -0.2) is 36.2 Å². The molecule has 0 saturated heterocycles. The minimum Gasteiger partial charge on any atom is -0.299 e. The maximum Gasteiger partial charge on any atom is 0.270 e. The quantitative estimate of drug-likeness (QED) is 0.472. The Bertz CT molecular complexity index is 746. The molecule has 2 N–H and O–H groups in total. The number of nitrogens with zero attached hydrogens (tertiary/aromatic N) is 5. The molecule has 1 heterocycles. The number of tetrazole rings is 1. The van der Waals surface area contributed by atoms with Gasteiger partial charge in [0.05, 0.1) is 11.5 Å². The number of amides is 1. The number of nitrogens with one attached hydrogen (secondary N) is 2. The van der Waals surface area contributed by atoms with E-state index in [-0.39, 0.29) is 22.3 Å². The van der Waals surface area contributed by atoms with E-state index in [1.807, 2.05) is 6.92 Å². The number of anilines is 1. The molecule has 2 rings (SSSR count). The van der Waals surface area contributed by atoms with Crippen LogP contribution in [0.4, 0.5) is 11.6 Å². The average molecular weight is 335 g/mol. The molecule has 1 aromatic heterocycles. The Morgan fingerprint density at radius 3 is 2.96 bits per heavy atom. The van der Waals surface area contributed by atoms with Crippen molar-refractivity contribution < 1.29 is 9.72 Å². The van der Waals surface area contributed by atoms with Crippen LogP contribution in [0.5, 0.6) is 0 Å². The van der Waals surface area contributed by atoms with Gasteiger partial charge in [-0.15, -0.1) is 5.10 Å². The Kier molecular flexibility index (Phi) is 5.25. The van der Waals surface area contributed by atoms with Gasteiger partial charge < -0.3 is 0 Å². The molecular formula is C12H13N7O3S. The third-order valence-electron chi connectivity index (χ3n) is 2.65. The molecule has 0 radical (unpaired) electrons. The molecule has 1 aromatic carbocycles. The zero-order valence-corrected chi connectivity index (χ0v) is 12.9. The lowest BCUT2D eigenvalue weighted by Crippen LogP contribution is -2.34. The molecule has 0 saturated carbocycles. The van der Waals surface area contributed by atoms with Crippen molar-refractivity contribution >= 4 is 34.9 Å². The third-order valence-corrected chi connectivity index (χ3v) is 2.85. The number of carbonyl (C=O) groups is 1. The number of hydrogen-bond acceptors (Lipinski definition) is 7. The van der Waals surface area contributed by atoms with Gasteiger partial charge in [-0.3, -0.25) is 25.5 Å². The van der Waals surface area contributed by atoms with Crippen molar-refractivity contribution in [1.29, 1.82) is 0 Å². The lowest BCUT2D eigenvalue weighted by atomic mass is 10.2. The fourth-order valence-corrected chi connectivity index (χ4v) is 1.84. The number of hydrogen-bond donors (Lipinski definition) is 2. The van der Waals surface area contributed by atoms with Gasteiger partial charge in [0.25, 0.3) is 17.5 Å². The molecule has 2 aromatic rings. The van der Waals surface area contributed by atoms with Gasteiger partial charge in [0.1, 0.15) is 0 Å². The molecule has 0 aliphatic heterocycles. The van der Waals surface area contributed by atoms with E-state index in [2.05, 4.69) is 26.0 Å².